The highest BCUT2D eigenvalue weighted by atomic mass is 127. The molecule has 0 fully saturated rings. The minimum atomic E-state index is -4.39. The predicted molar refractivity (Wildman–Crippen MR) is 73.8 cm³/mol. The quantitative estimate of drug-likeness (QED) is 0.290. The number of hydrogen-bond acceptors (Lipinski definition) is 2. The molecule has 1 aromatic rings. The molecule has 0 spiro atoms. The van der Waals surface area contributed by atoms with E-state index in [0.29, 0.717) is 3.57 Å². The number of alkyl halides is 4. The molecule has 0 heterocycles. The predicted octanol–water partition coefficient (Wildman–Crippen LogP) is 4.87. The third-order valence-corrected chi connectivity index (χ3v) is 3.92. The van der Waals surface area contributed by atoms with E-state index in [1.54, 1.807) is 13.0 Å². The topological polar surface area (TPSA) is 17.1 Å². The minimum absolute atomic E-state index is 0.0549. The fourth-order valence-electron chi connectivity index (χ4n) is 1.15. The van der Waals surface area contributed by atoms with Gasteiger partial charge in [0.2, 0.25) is 0 Å². The summed E-state index contributed by atoms with van der Waals surface area (Å²) in [4.78, 5) is 11.3. The van der Waals surface area contributed by atoms with E-state index in [9.17, 15) is 18.0 Å². The Morgan fingerprint density at radius 1 is 1.47 bits per heavy atom. The summed E-state index contributed by atoms with van der Waals surface area (Å²) in [5.41, 5.74) is -4.27. The number of carbonyl (C=O) groups is 1. The molecule has 0 radical (unpaired) electrons. The van der Waals surface area contributed by atoms with Crippen molar-refractivity contribution in [1.29, 1.82) is 0 Å². The first-order valence-electron chi connectivity index (χ1n) is 4.45. The summed E-state index contributed by atoms with van der Waals surface area (Å²) < 4.78 is 37.6. The van der Waals surface area contributed by atoms with E-state index in [2.05, 4.69) is 15.9 Å². The van der Waals surface area contributed by atoms with Crippen LogP contribution in [-0.2, 0) is 0 Å². The first-order chi connectivity index (χ1) is 7.72. The maximum absolute atomic E-state index is 12.4. The summed E-state index contributed by atoms with van der Waals surface area (Å²) in [6, 6.07) is 4.43. The van der Waals surface area contributed by atoms with E-state index in [1.165, 1.54) is 12.1 Å². The molecule has 0 aliphatic heterocycles. The van der Waals surface area contributed by atoms with E-state index in [1.807, 2.05) is 22.6 Å². The van der Waals surface area contributed by atoms with Crippen molar-refractivity contribution in [2.24, 2.45) is 0 Å². The van der Waals surface area contributed by atoms with Gasteiger partial charge in [0.05, 0.1) is 4.83 Å². The molecule has 0 aliphatic carbocycles. The maximum Gasteiger partial charge on any atom is 0.446 e. The van der Waals surface area contributed by atoms with Gasteiger partial charge in [-0.05, 0) is 53.4 Å². The minimum Gasteiger partial charge on any atom is -0.293 e. The third kappa shape index (κ3) is 4.44. The Labute approximate surface area is 123 Å². The lowest BCUT2D eigenvalue weighted by Gasteiger charge is -2.13. The van der Waals surface area contributed by atoms with Crippen molar-refractivity contribution >= 4 is 56.1 Å². The maximum atomic E-state index is 12.4. The summed E-state index contributed by atoms with van der Waals surface area (Å²) in [5, 5.41) is 0. The number of thioether (sulfide) groups is 1. The number of rotatable bonds is 3. The normalized spacial score (nSPS) is 13.5. The van der Waals surface area contributed by atoms with E-state index in [-0.39, 0.29) is 28.0 Å². The standard InChI is InChI=1S/C10H7BrF3IOS/c1-5(11)9(16)8-6(15)3-2-4-7(8)17-10(12,13)14/h2-5H,1H3. The second-order valence-corrected chi connectivity index (χ2v) is 6.78. The summed E-state index contributed by atoms with van der Waals surface area (Å²) in [6.07, 6.45) is 0. The van der Waals surface area contributed by atoms with Gasteiger partial charge in [0.25, 0.3) is 0 Å². The molecule has 1 aromatic carbocycles. The van der Waals surface area contributed by atoms with Gasteiger partial charge < -0.3 is 0 Å². The Morgan fingerprint density at radius 3 is 2.53 bits per heavy atom. The van der Waals surface area contributed by atoms with Gasteiger partial charge in [0.1, 0.15) is 0 Å². The molecule has 0 bridgehead atoms. The lowest BCUT2D eigenvalue weighted by Crippen LogP contribution is -2.14. The van der Waals surface area contributed by atoms with E-state index in [0.717, 1.165) is 0 Å². The van der Waals surface area contributed by atoms with Gasteiger partial charge >= 0.3 is 5.51 Å². The lowest BCUT2D eigenvalue weighted by atomic mass is 10.1. The van der Waals surface area contributed by atoms with Gasteiger partial charge in [0.15, 0.2) is 5.78 Å². The molecule has 0 aliphatic rings. The Hall–Kier alpha value is 0.240. The molecule has 0 amide bonds. The van der Waals surface area contributed by atoms with E-state index < -0.39 is 10.3 Å². The fraction of sp³-hybridized carbons (Fsp3) is 0.300. The van der Waals surface area contributed by atoms with Crippen molar-refractivity contribution < 1.29 is 18.0 Å². The van der Waals surface area contributed by atoms with Crippen LogP contribution in [0.4, 0.5) is 13.2 Å². The average Bonchev–Trinajstić information content (AvgIpc) is 2.14. The van der Waals surface area contributed by atoms with Crippen LogP contribution in [0.3, 0.4) is 0 Å². The first-order valence-corrected chi connectivity index (χ1v) is 7.26. The molecule has 1 unspecified atom stereocenters. The van der Waals surface area contributed by atoms with Crippen LogP contribution >= 0.6 is 50.3 Å². The van der Waals surface area contributed by atoms with Crippen molar-refractivity contribution in [3.05, 3.63) is 27.3 Å². The van der Waals surface area contributed by atoms with Crippen LogP contribution in [0.15, 0.2) is 23.1 Å². The van der Waals surface area contributed by atoms with Crippen LogP contribution in [0.25, 0.3) is 0 Å². The van der Waals surface area contributed by atoms with Crippen molar-refractivity contribution in [3.8, 4) is 0 Å². The van der Waals surface area contributed by atoms with Crippen LogP contribution in [0.1, 0.15) is 17.3 Å². The van der Waals surface area contributed by atoms with Gasteiger partial charge in [0, 0.05) is 14.0 Å². The summed E-state index contributed by atoms with van der Waals surface area (Å²) in [5.74, 6) is -0.346. The van der Waals surface area contributed by atoms with Crippen LogP contribution in [0.5, 0.6) is 0 Å². The molecular weight excluding hydrogens is 432 g/mol. The van der Waals surface area contributed by atoms with E-state index >= 15 is 0 Å². The lowest BCUT2D eigenvalue weighted by molar-refractivity contribution is -0.0328. The Kier molecular flexibility index (Phi) is 5.33. The van der Waals surface area contributed by atoms with Crippen LogP contribution < -0.4 is 0 Å². The number of hydrogen-bond donors (Lipinski definition) is 0. The summed E-state index contributed by atoms with van der Waals surface area (Å²) in [7, 11) is 0. The monoisotopic (exact) mass is 438 g/mol. The van der Waals surface area contributed by atoms with Gasteiger partial charge in [-0.2, -0.15) is 13.2 Å². The zero-order chi connectivity index (χ0) is 13.2. The largest absolute Gasteiger partial charge is 0.446 e. The van der Waals surface area contributed by atoms with Crippen LogP contribution in [0.2, 0.25) is 0 Å². The molecule has 7 heteroatoms. The number of Topliss-reactive ketones (excluding diaryl/α,β-unsaturated/α-hetero) is 1. The van der Waals surface area contributed by atoms with Crippen molar-refractivity contribution in [1.82, 2.24) is 0 Å². The van der Waals surface area contributed by atoms with Gasteiger partial charge in [-0.15, -0.1) is 0 Å². The molecule has 0 saturated heterocycles. The van der Waals surface area contributed by atoms with Gasteiger partial charge in [-0.25, -0.2) is 0 Å². The highest BCUT2D eigenvalue weighted by molar-refractivity contribution is 14.1. The Balaban J connectivity index is 3.22. The molecular formula is C10H7BrF3IOS. The Bertz CT molecular complexity index is 434. The molecule has 1 rings (SSSR count). The summed E-state index contributed by atoms with van der Waals surface area (Å²) >= 11 is 4.69. The first kappa shape index (κ1) is 15.3. The van der Waals surface area contributed by atoms with Crippen molar-refractivity contribution in [2.75, 3.05) is 0 Å². The van der Waals surface area contributed by atoms with E-state index in [4.69, 9.17) is 0 Å². The number of ketones is 1. The zero-order valence-electron chi connectivity index (χ0n) is 8.52. The van der Waals surface area contributed by atoms with Crippen LogP contribution in [0, 0.1) is 3.57 Å². The van der Waals surface area contributed by atoms with Crippen molar-refractivity contribution in [3.63, 3.8) is 0 Å². The number of halogens is 5. The molecule has 0 N–H and O–H groups in total. The van der Waals surface area contributed by atoms with Gasteiger partial charge in [-0.3, -0.25) is 4.79 Å². The summed E-state index contributed by atoms with van der Waals surface area (Å²) in [6.45, 7) is 1.59. The molecule has 0 saturated carbocycles. The fourth-order valence-corrected chi connectivity index (χ4v) is 3.04. The highest BCUT2D eigenvalue weighted by Gasteiger charge is 2.32. The zero-order valence-corrected chi connectivity index (χ0v) is 13.1. The average molecular weight is 439 g/mol. The smallest absolute Gasteiger partial charge is 0.293 e. The van der Waals surface area contributed by atoms with Crippen molar-refractivity contribution in [2.45, 2.75) is 22.2 Å². The number of carbonyl (C=O) groups excluding carboxylic acids is 1. The third-order valence-electron chi connectivity index (χ3n) is 1.81. The molecule has 1 nitrogen and oxygen atoms in total. The second-order valence-electron chi connectivity index (χ2n) is 3.14. The molecule has 17 heavy (non-hydrogen) atoms. The molecule has 0 aromatic heterocycles. The van der Waals surface area contributed by atoms with Gasteiger partial charge in [-0.1, -0.05) is 22.0 Å². The number of benzene rings is 1. The Morgan fingerprint density at radius 2 is 2.06 bits per heavy atom. The molecule has 94 valence electrons. The molecule has 1 atom stereocenters. The SMILES string of the molecule is CC(Br)C(=O)c1c(I)cccc1SC(F)(F)F. The van der Waals surface area contributed by atoms with Crippen LogP contribution in [-0.4, -0.2) is 16.1 Å². The second kappa shape index (κ2) is 5.92. The highest BCUT2D eigenvalue weighted by Crippen LogP contribution is 2.40.